The predicted octanol–water partition coefficient (Wildman–Crippen LogP) is 2.96. The molecule has 0 spiro atoms. The van der Waals surface area contributed by atoms with E-state index >= 15 is 0 Å². The maximum atomic E-state index is 13.6. The molecular weight excluding hydrogens is 347 g/mol. The molecule has 0 bridgehead atoms. The standard InChI is InChI=1S/C18H12F3N3O2/c19-12-3-1-2-11(8-12)10-24-17(25)7-6-15(23-24)18(26)22-16-9-13(20)4-5-14(16)21/h1-9H,10H2,(H,22,26). The van der Waals surface area contributed by atoms with Gasteiger partial charge in [-0.2, -0.15) is 5.10 Å². The van der Waals surface area contributed by atoms with Crippen LogP contribution in [0.25, 0.3) is 0 Å². The highest BCUT2D eigenvalue weighted by atomic mass is 19.1. The SMILES string of the molecule is O=C(Nc1cc(F)ccc1F)c1ccc(=O)n(Cc2cccc(F)c2)n1. The van der Waals surface area contributed by atoms with E-state index < -0.39 is 28.9 Å². The molecule has 0 unspecified atom stereocenters. The summed E-state index contributed by atoms with van der Waals surface area (Å²) >= 11 is 0. The van der Waals surface area contributed by atoms with E-state index in [9.17, 15) is 22.8 Å². The van der Waals surface area contributed by atoms with Crippen LogP contribution in [0.3, 0.4) is 0 Å². The summed E-state index contributed by atoms with van der Waals surface area (Å²) in [7, 11) is 0. The molecule has 0 fully saturated rings. The van der Waals surface area contributed by atoms with E-state index in [2.05, 4.69) is 10.4 Å². The van der Waals surface area contributed by atoms with Gasteiger partial charge in [-0.15, -0.1) is 0 Å². The minimum absolute atomic E-state index is 0.0496. The van der Waals surface area contributed by atoms with Crippen LogP contribution in [0.5, 0.6) is 0 Å². The van der Waals surface area contributed by atoms with Crippen LogP contribution in [0, 0.1) is 17.5 Å². The zero-order valence-electron chi connectivity index (χ0n) is 13.2. The van der Waals surface area contributed by atoms with Crippen LogP contribution in [0.2, 0.25) is 0 Å². The van der Waals surface area contributed by atoms with Gasteiger partial charge in [-0.1, -0.05) is 12.1 Å². The van der Waals surface area contributed by atoms with Crippen LogP contribution in [-0.4, -0.2) is 15.7 Å². The molecule has 0 aliphatic carbocycles. The van der Waals surface area contributed by atoms with Crippen molar-refractivity contribution in [3.8, 4) is 0 Å². The molecule has 0 radical (unpaired) electrons. The van der Waals surface area contributed by atoms with E-state index in [1.807, 2.05) is 0 Å². The normalized spacial score (nSPS) is 10.6. The van der Waals surface area contributed by atoms with Crippen LogP contribution in [0.15, 0.2) is 59.4 Å². The Kier molecular flexibility index (Phi) is 4.83. The Hall–Kier alpha value is -3.42. The third-order valence-corrected chi connectivity index (χ3v) is 3.50. The second kappa shape index (κ2) is 7.22. The molecule has 5 nitrogen and oxygen atoms in total. The van der Waals surface area contributed by atoms with Gasteiger partial charge in [0.25, 0.3) is 11.5 Å². The fourth-order valence-electron chi connectivity index (χ4n) is 2.27. The number of benzene rings is 2. The molecule has 0 saturated heterocycles. The Morgan fingerprint density at radius 3 is 2.54 bits per heavy atom. The zero-order chi connectivity index (χ0) is 18.7. The van der Waals surface area contributed by atoms with Gasteiger partial charge in [0, 0.05) is 12.1 Å². The maximum absolute atomic E-state index is 13.6. The first-order chi connectivity index (χ1) is 12.4. The van der Waals surface area contributed by atoms with Crippen molar-refractivity contribution in [2.24, 2.45) is 0 Å². The topological polar surface area (TPSA) is 64.0 Å². The van der Waals surface area contributed by atoms with Gasteiger partial charge in [-0.25, -0.2) is 17.9 Å². The summed E-state index contributed by atoms with van der Waals surface area (Å²) in [5, 5.41) is 6.09. The van der Waals surface area contributed by atoms with Crippen molar-refractivity contribution in [1.29, 1.82) is 0 Å². The number of anilines is 1. The molecule has 2 aromatic carbocycles. The third kappa shape index (κ3) is 3.97. The molecule has 8 heteroatoms. The Labute approximate surface area is 145 Å². The van der Waals surface area contributed by atoms with Crippen LogP contribution < -0.4 is 10.9 Å². The van der Waals surface area contributed by atoms with Gasteiger partial charge < -0.3 is 5.32 Å². The van der Waals surface area contributed by atoms with Crippen LogP contribution in [-0.2, 0) is 6.54 Å². The molecular formula is C18H12F3N3O2. The Balaban J connectivity index is 1.85. The molecule has 1 N–H and O–H groups in total. The number of nitrogens with zero attached hydrogens (tertiary/aromatic N) is 2. The van der Waals surface area contributed by atoms with Gasteiger partial charge in [-0.05, 0) is 35.9 Å². The summed E-state index contributed by atoms with van der Waals surface area (Å²) < 4.78 is 41.0. The summed E-state index contributed by atoms with van der Waals surface area (Å²) in [6.45, 7) is -0.0496. The molecule has 1 amide bonds. The molecule has 1 heterocycles. The monoisotopic (exact) mass is 359 g/mol. The van der Waals surface area contributed by atoms with Gasteiger partial charge in [0.05, 0.1) is 12.2 Å². The number of carbonyl (C=O) groups is 1. The average molecular weight is 359 g/mol. The van der Waals surface area contributed by atoms with Gasteiger partial charge in [0.1, 0.15) is 23.1 Å². The minimum atomic E-state index is -0.817. The average Bonchev–Trinajstić information content (AvgIpc) is 2.60. The smallest absolute Gasteiger partial charge is 0.276 e. The molecule has 26 heavy (non-hydrogen) atoms. The number of hydrogen-bond acceptors (Lipinski definition) is 3. The Bertz CT molecular complexity index is 1030. The lowest BCUT2D eigenvalue weighted by atomic mass is 10.2. The molecule has 3 rings (SSSR count). The third-order valence-electron chi connectivity index (χ3n) is 3.50. The first-order valence-electron chi connectivity index (χ1n) is 7.51. The lowest BCUT2D eigenvalue weighted by Gasteiger charge is -2.09. The lowest BCUT2D eigenvalue weighted by molar-refractivity contribution is 0.101. The van der Waals surface area contributed by atoms with Gasteiger partial charge in [0.2, 0.25) is 0 Å². The minimum Gasteiger partial charge on any atom is -0.318 e. The van der Waals surface area contributed by atoms with Crippen molar-refractivity contribution >= 4 is 11.6 Å². The number of aromatic nitrogens is 2. The number of carbonyl (C=O) groups excluding carboxylic acids is 1. The maximum Gasteiger partial charge on any atom is 0.276 e. The number of rotatable bonds is 4. The largest absolute Gasteiger partial charge is 0.318 e. The van der Waals surface area contributed by atoms with Gasteiger partial charge >= 0.3 is 0 Å². The molecule has 0 aliphatic heterocycles. The van der Waals surface area contributed by atoms with Gasteiger partial charge in [-0.3, -0.25) is 9.59 Å². The quantitative estimate of drug-likeness (QED) is 0.779. The number of amides is 1. The fourth-order valence-corrected chi connectivity index (χ4v) is 2.27. The number of nitrogens with one attached hydrogen (secondary N) is 1. The van der Waals surface area contributed by atoms with E-state index in [0.717, 1.165) is 35.0 Å². The zero-order valence-corrected chi connectivity index (χ0v) is 13.2. The summed E-state index contributed by atoms with van der Waals surface area (Å²) in [4.78, 5) is 24.1. The van der Waals surface area contributed by atoms with Crippen LogP contribution >= 0.6 is 0 Å². The molecule has 1 aromatic heterocycles. The summed E-state index contributed by atoms with van der Waals surface area (Å²) in [6.07, 6.45) is 0. The first kappa shape index (κ1) is 17.4. The number of halogens is 3. The molecule has 0 saturated carbocycles. The van der Waals surface area contributed by atoms with Crippen molar-refractivity contribution in [3.63, 3.8) is 0 Å². The molecule has 3 aromatic rings. The molecule has 0 aliphatic rings. The van der Waals surface area contributed by atoms with E-state index in [0.29, 0.717) is 5.56 Å². The summed E-state index contributed by atoms with van der Waals surface area (Å²) in [6, 6.07) is 10.5. The Morgan fingerprint density at radius 2 is 1.77 bits per heavy atom. The number of hydrogen-bond donors (Lipinski definition) is 1. The highest BCUT2D eigenvalue weighted by Crippen LogP contribution is 2.16. The highest BCUT2D eigenvalue weighted by Gasteiger charge is 2.13. The summed E-state index contributed by atoms with van der Waals surface area (Å²) in [5.74, 6) is -2.81. The van der Waals surface area contributed by atoms with E-state index in [-0.39, 0.29) is 17.9 Å². The molecule has 0 atom stereocenters. The second-order valence-electron chi connectivity index (χ2n) is 5.42. The fraction of sp³-hybridized carbons (Fsp3) is 0.0556. The second-order valence-corrected chi connectivity index (χ2v) is 5.42. The van der Waals surface area contributed by atoms with Crippen LogP contribution in [0.4, 0.5) is 18.9 Å². The van der Waals surface area contributed by atoms with Crippen molar-refractivity contribution in [3.05, 3.63) is 93.7 Å². The molecule has 132 valence electrons. The van der Waals surface area contributed by atoms with Crippen molar-refractivity contribution in [2.75, 3.05) is 5.32 Å². The predicted molar refractivity (Wildman–Crippen MR) is 88.3 cm³/mol. The van der Waals surface area contributed by atoms with Gasteiger partial charge in [0.15, 0.2) is 0 Å². The van der Waals surface area contributed by atoms with E-state index in [4.69, 9.17) is 0 Å². The van der Waals surface area contributed by atoms with Crippen molar-refractivity contribution < 1.29 is 18.0 Å². The van der Waals surface area contributed by atoms with Crippen molar-refractivity contribution in [1.82, 2.24) is 9.78 Å². The highest BCUT2D eigenvalue weighted by molar-refractivity contribution is 6.02. The summed E-state index contributed by atoms with van der Waals surface area (Å²) in [5.41, 5.74) is -0.541. The lowest BCUT2D eigenvalue weighted by Crippen LogP contribution is -2.26. The van der Waals surface area contributed by atoms with Crippen LogP contribution in [0.1, 0.15) is 16.1 Å². The first-order valence-corrected chi connectivity index (χ1v) is 7.51. The Morgan fingerprint density at radius 1 is 1.00 bits per heavy atom. The van der Waals surface area contributed by atoms with Crippen molar-refractivity contribution in [2.45, 2.75) is 6.54 Å². The van der Waals surface area contributed by atoms with E-state index in [1.165, 1.54) is 18.2 Å². The van der Waals surface area contributed by atoms with E-state index in [1.54, 1.807) is 6.07 Å².